The minimum Gasteiger partial charge on any atom is -0.256 e. The summed E-state index contributed by atoms with van der Waals surface area (Å²) < 4.78 is 0. The molecule has 0 saturated heterocycles. The third-order valence-corrected chi connectivity index (χ3v) is 7.20. The number of nitrogens with zero attached hydrogens (tertiary/aromatic N) is 1. The first-order valence-corrected chi connectivity index (χ1v) is 8.50. The zero-order valence-corrected chi connectivity index (χ0v) is 15.0. The molecule has 0 amide bonds. The van der Waals surface area contributed by atoms with Crippen molar-refractivity contribution >= 4 is 12.2 Å². The molecule has 2 aliphatic carbocycles. The molecule has 1 aromatic carbocycles. The lowest BCUT2D eigenvalue weighted by molar-refractivity contribution is 0.125. The van der Waals surface area contributed by atoms with Crippen LogP contribution in [-0.2, 0) is 10.8 Å². The van der Waals surface area contributed by atoms with Crippen molar-refractivity contribution in [1.29, 1.82) is 0 Å². The van der Waals surface area contributed by atoms with E-state index in [-0.39, 0.29) is 16.2 Å². The predicted molar refractivity (Wildman–Crippen MR) is 98.4 cm³/mol. The maximum absolute atomic E-state index is 4.66. The lowest BCUT2D eigenvalue weighted by atomic mass is 9.59. The maximum Gasteiger partial charge on any atom is 0.0708 e. The highest BCUT2D eigenvalue weighted by Gasteiger charge is 2.56. The van der Waals surface area contributed by atoms with Gasteiger partial charge >= 0.3 is 0 Å². The van der Waals surface area contributed by atoms with Crippen LogP contribution in [0.4, 0.5) is 0 Å². The largest absolute Gasteiger partial charge is 0.256 e. The third-order valence-electron chi connectivity index (χ3n) is 7.20. The second kappa shape index (κ2) is 4.14. The zero-order chi connectivity index (χ0) is 16.6. The molecule has 118 valence electrons. The molecular formula is C22H25N. The lowest BCUT2D eigenvalue weighted by Gasteiger charge is -2.44. The zero-order valence-electron chi connectivity index (χ0n) is 15.0. The van der Waals surface area contributed by atoms with E-state index in [0.29, 0.717) is 0 Å². The molecular weight excluding hydrogens is 278 g/mol. The summed E-state index contributed by atoms with van der Waals surface area (Å²) in [6.07, 6.45) is 6.25. The van der Waals surface area contributed by atoms with Gasteiger partial charge in [-0.25, -0.2) is 0 Å². The normalized spacial score (nSPS) is 21.5. The van der Waals surface area contributed by atoms with Gasteiger partial charge in [0.1, 0.15) is 0 Å². The summed E-state index contributed by atoms with van der Waals surface area (Å²) in [4.78, 5) is 4.66. The van der Waals surface area contributed by atoms with Crippen LogP contribution in [0.15, 0.2) is 30.5 Å². The first kappa shape index (κ1) is 14.7. The number of benzene rings is 1. The Bertz CT molecular complexity index is 850. The highest BCUT2D eigenvalue weighted by Crippen LogP contribution is 2.61. The molecule has 1 heterocycles. The Morgan fingerprint density at radius 2 is 1.39 bits per heavy atom. The average molecular weight is 303 g/mol. The van der Waals surface area contributed by atoms with Crippen LogP contribution in [-0.4, -0.2) is 4.98 Å². The smallest absolute Gasteiger partial charge is 0.0708 e. The van der Waals surface area contributed by atoms with Gasteiger partial charge in [-0.05, 0) is 45.1 Å². The van der Waals surface area contributed by atoms with Crippen molar-refractivity contribution in [3.8, 4) is 11.3 Å². The van der Waals surface area contributed by atoms with Crippen LogP contribution in [0.5, 0.6) is 0 Å². The minimum absolute atomic E-state index is 0.140. The monoisotopic (exact) mass is 303 g/mol. The van der Waals surface area contributed by atoms with E-state index in [4.69, 9.17) is 0 Å². The lowest BCUT2D eigenvalue weighted by Crippen LogP contribution is -2.42. The Balaban J connectivity index is 1.89. The molecule has 0 N–H and O–H groups in total. The molecule has 0 bridgehead atoms. The van der Waals surface area contributed by atoms with Crippen LogP contribution in [0.2, 0.25) is 0 Å². The fraction of sp³-hybridized carbons (Fsp3) is 0.409. The van der Waals surface area contributed by atoms with Gasteiger partial charge in [-0.1, -0.05) is 65.8 Å². The Morgan fingerprint density at radius 1 is 0.739 bits per heavy atom. The van der Waals surface area contributed by atoms with E-state index in [9.17, 15) is 0 Å². The Kier molecular flexibility index (Phi) is 2.64. The summed E-state index contributed by atoms with van der Waals surface area (Å²) in [5.41, 5.74) is 8.33. The standard InChI is InChI=1S/C22H25N/c1-20(2)17-10-9-15(11-18(17)21(3,4)22(20,5)6)19-12-14-7-8-16(14)13-23-19/h7-13H,1-6H3. The van der Waals surface area contributed by atoms with E-state index < -0.39 is 0 Å². The molecule has 0 unspecified atom stereocenters. The van der Waals surface area contributed by atoms with Crippen molar-refractivity contribution in [3.63, 3.8) is 0 Å². The first-order chi connectivity index (χ1) is 10.7. The van der Waals surface area contributed by atoms with Crippen LogP contribution in [0, 0.1) is 5.41 Å². The molecule has 0 aliphatic heterocycles. The van der Waals surface area contributed by atoms with Gasteiger partial charge in [-0.15, -0.1) is 0 Å². The molecule has 2 aliphatic rings. The Hall–Kier alpha value is -1.89. The van der Waals surface area contributed by atoms with Gasteiger partial charge < -0.3 is 0 Å². The number of hydrogen-bond acceptors (Lipinski definition) is 1. The predicted octanol–water partition coefficient (Wildman–Crippen LogP) is 5.83. The van der Waals surface area contributed by atoms with E-state index in [2.05, 4.69) is 82.9 Å². The van der Waals surface area contributed by atoms with Gasteiger partial charge in [-0.3, -0.25) is 4.98 Å². The number of fused-ring (bicyclic) bond motifs is 2. The fourth-order valence-electron chi connectivity index (χ4n) is 4.23. The van der Waals surface area contributed by atoms with E-state index in [1.165, 1.54) is 27.8 Å². The number of hydrogen-bond donors (Lipinski definition) is 0. The average Bonchev–Trinajstić information content (AvgIpc) is 2.56. The van der Waals surface area contributed by atoms with Gasteiger partial charge in [-0.2, -0.15) is 0 Å². The fourth-order valence-corrected chi connectivity index (χ4v) is 4.23. The van der Waals surface area contributed by atoms with Gasteiger partial charge in [0, 0.05) is 17.3 Å². The van der Waals surface area contributed by atoms with Gasteiger partial charge in [0.15, 0.2) is 0 Å². The topological polar surface area (TPSA) is 12.9 Å². The van der Waals surface area contributed by atoms with Crippen LogP contribution >= 0.6 is 0 Å². The van der Waals surface area contributed by atoms with Crippen molar-refractivity contribution in [2.75, 3.05) is 0 Å². The summed E-state index contributed by atoms with van der Waals surface area (Å²) in [5, 5.41) is 0. The number of aromatic nitrogens is 1. The van der Waals surface area contributed by atoms with E-state index in [0.717, 1.165) is 5.69 Å². The second-order valence-electron chi connectivity index (χ2n) is 8.67. The van der Waals surface area contributed by atoms with Gasteiger partial charge in [0.2, 0.25) is 0 Å². The van der Waals surface area contributed by atoms with Crippen molar-refractivity contribution in [3.05, 3.63) is 52.7 Å². The molecule has 23 heavy (non-hydrogen) atoms. The van der Waals surface area contributed by atoms with Crippen molar-refractivity contribution < 1.29 is 0 Å². The molecule has 0 atom stereocenters. The summed E-state index contributed by atoms with van der Waals surface area (Å²) >= 11 is 0. The Morgan fingerprint density at radius 3 is 2.00 bits per heavy atom. The first-order valence-electron chi connectivity index (χ1n) is 8.50. The molecule has 0 spiro atoms. The molecule has 0 radical (unpaired) electrons. The SMILES string of the molecule is CC1(C)c2ccc(-c3cc4c(cn3)C=C4)cc2C(C)(C)C1(C)C. The summed E-state index contributed by atoms with van der Waals surface area (Å²) in [6, 6.07) is 9.16. The maximum atomic E-state index is 4.66. The Labute approximate surface area is 139 Å². The van der Waals surface area contributed by atoms with Crippen molar-refractivity contribution in [2.45, 2.75) is 52.4 Å². The summed E-state index contributed by atoms with van der Waals surface area (Å²) in [6.45, 7) is 14.3. The molecule has 0 saturated carbocycles. The summed E-state index contributed by atoms with van der Waals surface area (Å²) in [5.74, 6) is 0. The second-order valence-corrected chi connectivity index (χ2v) is 8.67. The number of pyridine rings is 1. The van der Waals surface area contributed by atoms with Crippen LogP contribution in [0.3, 0.4) is 0 Å². The molecule has 1 nitrogen and oxygen atoms in total. The van der Waals surface area contributed by atoms with E-state index in [1.54, 1.807) is 0 Å². The van der Waals surface area contributed by atoms with E-state index in [1.807, 2.05) is 6.20 Å². The molecule has 1 heteroatoms. The van der Waals surface area contributed by atoms with Crippen LogP contribution in [0.1, 0.15) is 63.8 Å². The highest BCUT2D eigenvalue weighted by molar-refractivity contribution is 5.86. The molecule has 2 aromatic rings. The van der Waals surface area contributed by atoms with Gasteiger partial charge in [0.25, 0.3) is 0 Å². The molecule has 1 aromatic heterocycles. The number of rotatable bonds is 1. The van der Waals surface area contributed by atoms with E-state index >= 15 is 0 Å². The molecule has 0 fully saturated rings. The van der Waals surface area contributed by atoms with Gasteiger partial charge in [0.05, 0.1) is 5.69 Å². The summed E-state index contributed by atoms with van der Waals surface area (Å²) in [7, 11) is 0. The van der Waals surface area contributed by atoms with Crippen LogP contribution in [0.25, 0.3) is 23.4 Å². The van der Waals surface area contributed by atoms with Crippen molar-refractivity contribution in [2.24, 2.45) is 5.41 Å². The molecule has 4 rings (SSSR count). The quantitative estimate of drug-likeness (QED) is 0.551. The highest BCUT2D eigenvalue weighted by atomic mass is 14.7. The third kappa shape index (κ3) is 1.66. The van der Waals surface area contributed by atoms with Crippen molar-refractivity contribution in [1.82, 2.24) is 4.98 Å². The minimum atomic E-state index is 0.140. The van der Waals surface area contributed by atoms with Crippen LogP contribution < -0.4 is 0 Å².